The molecule has 7 atom stereocenters. The zero-order valence-corrected chi connectivity index (χ0v) is 38.3. The van der Waals surface area contributed by atoms with Crippen molar-refractivity contribution in [3.63, 3.8) is 0 Å². The number of aromatic nitrogens is 3. The van der Waals surface area contributed by atoms with Crippen LogP contribution in [0.2, 0.25) is 0 Å². The Morgan fingerprint density at radius 3 is 1.82 bits per heavy atom. The molecule has 1 aliphatic rings. The summed E-state index contributed by atoms with van der Waals surface area (Å²) >= 11 is 0. The predicted octanol–water partition coefficient (Wildman–Crippen LogP) is 0.485. The number of fused-ring (bicyclic) bond motifs is 1. The molecule has 0 spiro atoms. The second-order valence-electron chi connectivity index (χ2n) is 17.8. The highest BCUT2D eigenvalue weighted by atomic mass is 16.3. The average molecular weight is 927 g/mol. The first-order valence-corrected chi connectivity index (χ1v) is 22.4. The lowest BCUT2D eigenvalue weighted by Crippen LogP contribution is -2.61. The number of H-pyrrole nitrogens is 2. The number of phenolic OH excluding ortho intramolecular Hbond substituents is 1. The van der Waals surface area contributed by atoms with E-state index in [4.69, 9.17) is 0 Å². The molecular weight excluding hydrogens is 865 g/mol. The summed E-state index contributed by atoms with van der Waals surface area (Å²) in [5.41, 5.74) is 2.36. The molecule has 11 N–H and O–H groups in total. The maximum atomic E-state index is 14.3. The second kappa shape index (κ2) is 23.9. The number of aliphatic hydroxyl groups excluding tert-OH is 1. The smallest absolute Gasteiger partial charge is 0.245 e. The molecule has 1 saturated heterocycles. The molecular formula is C47H62N10O10. The Labute approximate surface area is 388 Å². The van der Waals surface area contributed by atoms with E-state index in [-0.39, 0.29) is 67.8 Å². The minimum absolute atomic E-state index is 0.0430. The highest BCUT2D eigenvalue weighted by Gasteiger charge is 2.35. The largest absolute Gasteiger partial charge is 0.508 e. The minimum Gasteiger partial charge on any atom is -0.508 e. The van der Waals surface area contributed by atoms with Crippen LogP contribution in [0.3, 0.4) is 0 Å². The Hall–Kier alpha value is -7.09. The topological polar surface area (TPSA) is 306 Å². The van der Waals surface area contributed by atoms with Gasteiger partial charge in [-0.15, -0.1) is 0 Å². The molecule has 20 nitrogen and oxygen atoms in total. The monoisotopic (exact) mass is 926 g/mol. The van der Waals surface area contributed by atoms with Crippen LogP contribution in [-0.2, 0) is 57.6 Å². The number of ketones is 1. The number of carbonyl (C=O) groups is 8. The van der Waals surface area contributed by atoms with Gasteiger partial charge in [0, 0.05) is 54.7 Å². The van der Waals surface area contributed by atoms with E-state index in [1.54, 1.807) is 24.4 Å². The molecule has 67 heavy (non-hydrogen) atoms. The molecule has 1 aliphatic heterocycles. The van der Waals surface area contributed by atoms with E-state index in [0.29, 0.717) is 23.2 Å². The number of aliphatic hydroxyl groups is 1. The van der Waals surface area contributed by atoms with Crippen molar-refractivity contribution >= 4 is 58.0 Å². The summed E-state index contributed by atoms with van der Waals surface area (Å²) in [5, 5.41) is 39.9. The fourth-order valence-corrected chi connectivity index (χ4v) is 7.77. The maximum absolute atomic E-state index is 14.3. The quantitative estimate of drug-likeness (QED) is 0.0460. The first kappa shape index (κ1) is 50.9. The number of amides is 7. The van der Waals surface area contributed by atoms with Gasteiger partial charge in [-0.05, 0) is 67.3 Å². The van der Waals surface area contributed by atoms with E-state index in [0.717, 1.165) is 10.9 Å². The number of aromatic hydroxyl groups is 1. The lowest BCUT2D eigenvalue weighted by Gasteiger charge is -2.28. The Balaban J connectivity index is 1.39. The summed E-state index contributed by atoms with van der Waals surface area (Å²) in [7, 11) is 0. The van der Waals surface area contributed by atoms with Crippen molar-refractivity contribution in [3.8, 4) is 5.75 Å². The van der Waals surface area contributed by atoms with Crippen molar-refractivity contribution in [2.24, 2.45) is 11.8 Å². The van der Waals surface area contributed by atoms with Crippen LogP contribution in [0, 0.1) is 11.8 Å². The van der Waals surface area contributed by atoms with E-state index < -0.39 is 84.3 Å². The van der Waals surface area contributed by atoms with Crippen molar-refractivity contribution in [2.75, 3.05) is 6.61 Å². The number of hydrogen-bond donors (Lipinski definition) is 11. The number of rotatable bonds is 24. The molecule has 0 aliphatic carbocycles. The fourth-order valence-electron chi connectivity index (χ4n) is 7.77. The lowest BCUT2D eigenvalue weighted by atomic mass is 9.98. The molecule has 2 aromatic carbocycles. The second-order valence-corrected chi connectivity index (χ2v) is 17.8. The third-order valence-corrected chi connectivity index (χ3v) is 11.3. The van der Waals surface area contributed by atoms with Crippen LogP contribution in [0.1, 0.15) is 77.1 Å². The van der Waals surface area contributed by atoms with Gasteiger partial charge in [0.2, 0.25) is 41.4 Å². The number of benzene rings is 2. The van der Waals surface area contributed by atoms with Gasteiger partial charge in [-0.3, -0.25) is 38.4 Å². The van der Waals surface area contributed by atoms with Crippen molar-refractivity contribution in [1.29, 1.82) is 0 Å². The van der Waals surface area contributed by atoms with Crippen LogP contribution in [0.15, 0.2) is 67.3 Å². The molecule has 7 amide bonds. The number of para-hydroxylation sites is 1. The molecule has 5 rings (SSSR count). The molecule has 2 aromatic heterocycles. The summed E-state index contributed by atoms with van der Waals surface area (Å²) in [4.78, 5) is 118. The number of Topliss-reactive ketones (excluding diaryl/α,β-unsaturated/α-hetero) is 1. The molecule has 0 unspecified atom stereocenters. The van der Waals surface area contributed by atoms with E-state index in [1.165, 1.54) is 31.6 Å². The summed E-state index contributed by atoms with van der Waals surface area (Å²) < 4.78 is 0. The highest BCUT2D eigenvalue weighted by Crippen LogP contribution is 2.20. The Morgan fingerprint density at radius 2 is 1.24 bits per heavy atom. The van der Waals surface area contributed by atoms with Gasteiger partial charge in [-0.2, -0.15) is 0 Å². The van der Waals surface area contributed by atoms with Crippen molar-refractivity contribution in [2.45, 2.75) is 122 Å². The molecule has 20 heteroatoms. The Kier molecular flexibility index (Phi) is 18.2. The van der Waals surface area contributed by atoms with E-state index in [2.05, 4.69) is 52.2 Å². The summed E-state index contributed by atoms with van der Waals surface area (Å²) in [6.07, 6.45) is 5.15. The van der Waals surface area contributed by atoms with Gasteiger partial charge in [-0.25, -0.2) is 4.98 Å². The van der Waals surface area contributed by atoms with E-state index in [1.807, 2.05) is 45.9 Å². The van der Waals surface area contributed by atoms with Gasteiger partial charge < -0.3 is 57.4 Å². The molecule has 1 fully saturated rings. The number of phenols is 1. The van der Waals surface area contributed by atoms with E-state index >= 15 is 0 Å². The average Bonchev–Trinajstić information content (AvgIpc) is 4.06. The molecule has 0 saturated carbocycles. The molecule has 0 radical (unpaired) electrons. The molecule has 360 valence electrons. The Bertz CT molecular complexity index is 2360. The first-order chi connectivity index (χ1) is 31.9. The van der Waals surface area contributed by atoms with Gasteiger partial charge in [0.25, 0.3) is 0 Å². The summed E-state index contributed by atoms with van der Waals surface area (Å²) in [5.74, 6) is -5.20. The SMILES string of the molecule is CC(=O)[C@H](CC(C)C)NC(=O)[C@H](CC(C)C)NC(=O)[C@H](Cc1ccc(O)cc1)NC(=O)[C@H](CO)NC(=O)[C@H](Cc1c[nH]c2ccccc12)NC(=O)[C@H](Cc1cnc[nH]1)NC(=O)[C@@H]1CCC(=O)N1. The molecule has 4 aromatic rings. The number of nitrogens with one attached hydrogen (secondary N) is 9. The fraction of sp³-hybridized carbons (Fsp3) is 0.468. The van der Waals surface area contributed by atoms with Crippen LogP contribution in [0.4, 0.5) is 0 Å². The first-order valence-electron chi connectivity index (χ1n) is 22.4. The maximum Gasteiger partial charge on any atom is 0.245 e. The third kappa shape index (κ3) is 15.0. The van der Waals surface area contributed by atoms with Gasteiger partial charge in [0.15, 0.2) is 5.78 Å². The number of aromatic amines is 2. The predicted molar refractivity (Wildman–Crippen MR) is 246 cm³/mol. The molecule has 0 bridgehead atoms. The van der Waals surface area contributed by atoms with Crippen LogP contribution < -0.4 is 37.2 Å². The zero-order valence-electron chi connectivity index (χ0n) is 38.3. The summed E-state index contributed by atoms with van der Waals surface area (Å²) in [6.45, 7) is 7.97. The standard InChI is InChI=1S/C47H62N10O10/c1-25(2)16-35(27(5)59)52-43(63)36(17-26(3)4)53-44(64)37(18-28-10-12-31(60)13-11-28)54-47(67)40(23-58)57-45(65)38(19-29-21-49-33-9-7-6-8-32(29)33)55-46(66)39(20-30-22-48-24-50-30)56-42(62)34-14-15-41(61)51-34/h6-13,21-22,24-26,34-40,49,58,60H,14-20,23H2,1-5H3,(H,48,50)(H,51,61)(H,52,63)(H,53,64)(H,54,67)(H,55,66)(H,56,62)(H,57,65)/t34-,35-,36-,37-,38-,39-,40-/m0/s1. The molecule has 3 heterocycles. The van der Waals surface area contributed by atoms with Crippen LogP contribution in [0.25, 0.3) is 10.9 Å². The van der Waals surface area contributed by atoms with Crippen molar-refractivity contribution in [3.05, 3.63) is 84.1 Å². The van der Waals surface area contributed by atoms with Crippen LogP contribution >= 0.6 is 0 Å². The number of nitrogens with zero attached hydrogens (tertiary/aromatic N) is 1. The van der Waals surface area contributed by atoms with Gasteiger partial charge in [0.1, 0.15) is 42.0 Å². The normalized spacial score (nSPS) is 16.2. The highest BCUT2D eigenvalue weighted by molar-refractivity contribution is 5.98. The summed E-state index contributed by atoms with van der Waals surface area (Å²) in [6, 6.07) is 4.66. The number of imidazole rings is 1. The van der Waals surface area contributed by atoms with Gasteiger partial charge >= 0.3 is 0 Å². The van der Waals surface area contributed by atoms with Gasteiger partial charge in [-0.1, -0.05) is 58.0 Å². The van der Waals surface area contributed by atoms with Gasteiger partial charge in [0.05, 0.1) is 19.0 Å². The van der Waals surface area contributed by atoms with Crippen molar-refractivity contribution in [1.82, 2.24) is 52.2 Å². The third-order valence-electron chi connectivity index (χ3n) is 11.3. The number of hydrogen-bond acceptors (Lipinski definition) is 11. The lowest BCUT2D eigenvalue weighted by molar-refractivity contribution is -0.136. The van der Waals surface area contributed by atoms with Crippen molar-refractivity contribution < 1.29 is 48.6 Å². The van der Waals surface area contributed by atoms with E-state index in [9.17, 15) is 48.6 Å². The Morgan fingerprint density at radius 1 is 0.687 bits per heavy atom. The minimum atomic E-state index is -1.67. The number of carbonyl (C=O) groups excluding carboxylic acids is 8. The zero-order chi connectivity index (χ0) is 48.8. The van der Waals surface area contributed by atoms with Crippen LogP contribution in [-0.4, -0.2) is 121 Å². The van der Waals surface area contributed by atoms with Crippen LogP contribution in [0.5, 0.6) is 5.75 Å².